The lowest BCUT2D eigenvalue weighted by Gasteiger charge is -2.54. The third-order valence-corrected chi connectivity index (χ3v) is 5.85. The summed E-state index contributed by atoms with van der Waals surface area (Å²) in [5, 5.41) is 0. The predicted octanol–water partition coefficient (Wildman–Crippen LogP) is 4.48. The topological polar surface area (TPSA) is 19.4 Å². The largest absolute Gasteiger partial charge is 0.347 e. The van der Waals surface area contributed by atoms with Crippen molar-refractivity contribution >= 4 is 17.2 Å². The van der Waals surface area contributed by atoms with Crippen LogP contribution in [0.1, 0.15) is 45.9 Å². The molecule has 2 heterocycles. The Balaban J connectivity index is 2.25. The average molecular weight is 368 g/mol. The van der Waals surface area contributed by atoms with E-state index in [1.807, 2.05) is 12.3 Å². The Bertz CT molecular complexity index is 710. The summed E-state index contributed by atoms with van der Waals surface area (Å²) in [5.74, 6) is 0. The normalized spacial score (nSPS) is 22.1. The molecular formula is C22H29N3S. The van der Waals surface area contributed by atoms with Crippen molar-refractivity contribution in [2.24, 2.45) is 0 Å². The lowest BCUT2D eigenvalue weighted by atomic mass is 9.73. The molecule has 1 atom stereocenters. The van der Waals surface area contributed by atoms with Gasteiger partial charge in [-0.15, -0.1) is 0 Å². The lowest BCUT2D eigenvalue weighted by molar-refractivity contribution is 0.0604. The summed E-state index contributed by atoms with van der Waals surface area (Å²) in [6.07, 6.45) is 1.87. The number of pyridine rings is 1. The molecule has 26 heavy (non-hydrogen) atoms. The number of benzene rings is 1. The van der Waals surface area contributed by atoms with Crippen LogP contribution in [0.3, 0.4) is 0 Å². The van der Waals surface area contributed by atoms with Crippen LogP contribution in [0, 0.1) is 0 Å². The van der Waals surface area contributed by atoms with E-state index in [0.29, 0.717) is 6.04 Å². The molecule has 138 valence electrons. The zero-order valence-electron chi connectivity index (χ0n) is 16.4. The van der Waals surface area contributed by atoms with Gasteiger partial charge in [-0.25, -0.2) is 0 Å². The van der Waals surface area contributed by atoms with Crippen molar-refractivity contribution in [3.8, 4) is 0 Å². The maximum atomic E-state index is 6.17. The Morgan fingerprint density at radius 3 is 2.23 bits per heavy atom. The zero-order valence-corrected chi connectivity index (χ0v) is 17.3. The number of rotatable bonds is 3. The Morgan fingerprint density at radius 2 is 1.69 bits per heavy atom. The molecule has 1 aliphatic heterocycles. The first-order valence-electron chi connectivity index (χ1n) is 9.30. The molecule has 1 aliphatic rings. The van der Waals surface area contributed by atoms with Gasteiger partial charge in [0.2, 0.25) is 0 Å². The van der Waals surface area contributed by atoms with E-state index in [2.05, 4.69) is 86.9 Å². The number of nitrogens with zero attached hydrogens (tertiary/aromatic N) is 3. The predicted molar refractivity (Wildman–Crippen MR) is 112 cm³/mol. The van der Waals surface area contributed by atoms with Crippen molar-refractivity contribution in [1.29, 1.82) is 0 Å². The highest BCUT2D eigenvalue weighted by atomic mass is 32.1. The number of hydrogen-bond acceptors (Lipinski definition) is 3. The van der Waals surface area contributed by atoms with Crippen molar-refractivity contribution in [1.82, 2.24) is 14.8 Å². The Labute approximate surface area is 163 Å². The second-order valence-corrected chi connectivity index (χ2v) is 8.76. The van der Waals surface area contributed by atoms with E-state index in [0.717, 1.165) is 23.9 Å². The molecule has 1 aromatic heterocycles. The van der Waals surface area contributed by atoms with Crippen LogP contribution in [0.25, 0.3) is 0 Å². The van der Waals surface area contributed by atoms with Crippen molar-refractivity contribution in [2.75, 3.05) is 13.2 Å². The summed E-state index contributed by atoms with van der Waals surface area (Å²) in [6, 6.07) is 17.2. The summed E-state index contributed by atoms with van der Waals surface area (Å²) < 4.78 is 0. The third-order valence-electron chi connectivity index (χ3n) is 5.28. The molecule has 0 N–H and O–H groups in total. The van der Waals surface area contributed by atoms with Gasteiger partial charge in [0, 0.05) is 24.3 Å². The van der Waals surface area contributed by atoms with Crippen molar-refractivity contribution in [3.05, 3.63) is 66.0 Å². The van der Waals surface area contributed by atoms with Crippen LogP contribution in [-0.4, -0.2) is 44.6 Å². The van der Waals surface area contributed by atoms with Gasteiger partial charge in [-0.3, -0.25) is 9.88 Å². The van der Waals surface area contributed by atoms with E-state index in [-0.39, 0.29) is 5.54 Å². The molecule has 0 bridgehead atoms. The second-order valence-electron chi connectivity index (χ2n) is 8.37. The minimum absolute atomic E-state index is 0.0561. The summed E-state index contributed by atoms with van der Waals surface area (Å²) in [4.78, 5) is 10.6. The van der Waals surface area contributed by atoms with Crippen molar-refractivity contribution in [3.63, 3.8) is 0 Å². The smallest absolute Gasteiger partial charge is 0.101 e. The highest BCUT2D eigenvalue weighted by molar-refractivity contribution is 7.80. The third kappa shape index (κ3) is 3.28. The molecule has 1 aromatic carbocycles. The summed E-state index contributed by atoms with van der Waals surface area (Å²) in [5.41, 5.74) is 1.76. The molecule has 0 aliphatic carbocycles. The van der Waals surface area contributed by atoms with Crippen LogP contribution < -0.4 is 0 Å². The number of aromatic nitrogens is 1. The van der Waals surface area contributed by atoms with Crippen LogP contribution in [0.4, 0.5) is 0 Å². The first kappa shape index (κ1) is 19.0. The monoisotopic (exact) mass is 367 g/mol. The highest BCUT2D eigenvalue weighted by Crippen LogP contribution is 2.40. The van der Waals surface area contributed by atoms with Gasteiger partial charge >= 0.3 is 0 Å². The number of thiocarbonyl (C=S) groups is 1. The fourth-order valence-electron chi connectivity index (χ4n) is 3.65. The fourth-order valence-corrected chi connectivity index (χ4v) is 4.27. The molecule has 0 saturated carbocycles. The van der Waals surface area contributed by atoms with Gasteiger partial charge in [0.1, 0.15) is 5.41 Å². The Morgan fingerprint density at radius 1 is 1.04 bits per heavy atom. The van der Waals surface area contributed by atoms with E-state index in [1.54, 1.807) is 0 Å². The summed E-state index contributed by atoms with van der Waals surface area (Å²) >= 11 is 6.17. The standard InChI is InChI=1S/C22H29N3S/c1-17(2)24-15-22(18-11-7-6-8-12-18,19-13-9-10-14-23-19)20(26)25(16-24)21(3,4)5/h6-14,17H,15-16H2,1-5H3. The van der Waals surface area contributed by atoms with E-state index >= 15 is 0 Å². The first-order valence-corrected chi connectivity index (χ1v) is 9.71. The van der Waals surface area contributed by atoms with Crippen molar-refractivity contribution < 1.29 is 0 Å². The average Bonchev–Trinajstić information content (AvgIpc) is 2.62. The van der Waals surface area contributed by atoms with Crippen LogP contribution in [0.5, 0.6) is 0 Å². The quantitative estimate of drug-likeness (QED) is 0.745. The van der Waals surface area contributed by atoms with E-state index in [9.17, 15) is 0 Å². The van der Waals surface area contributed by atoms with E-state index in [4.69, 9.17) is 17.2 Å². The molecule has 1 saturated heterocycles. The Hall–Kier alpha value is -1.78. The molecule has 1 fully saturated rings. The molecule has 3 nitrogen and oxygen atoms in total. The van der Waals surface area contributed by atoms with Crippen LogP contribution in [-0.2, 0) is 5.41 Å². The van der Waals surface area contributed by atoms with Gasteiger partial charge in [-0.05, 0) is 52.3 Å². The SMILES string of the molecule is CC(C)N1CN(C(C)(C)C)C(=S)C(c2ccccc2)(c2ccccn2)C1. The van der Waals surface area contributed by atoms with Gasteiger partial charge in [-0.1, -0.05) is 48.6 Å². The molecule has 0 radical (unpaired) electrons. The van der Waals surface area contributed by atoms with E-state index < -0.39 is 5.41 Å². The van der Waals surface area contributed by atoms with Crippen molar-refractivity contribution in [2.45, 2.75) is 51.6 Å². The minimum atomic E-state index is -0.423. The van der Waals surface area contributed by atoms with Gasteiger partial charge in [-0.2, -0.15) is 0 Å². The van der Waals surface area contributed by atoms with Gasteiger partial charge < -0.3 is 4.90 Å². The highest BCUT2D eigenvalue weighted by Gasteiger charge is 2.49. The zero-order chi connectivity index (χ0) is 18.9. The van der Waals surface area contributed by atoms with E-state index in [1.165, 1.54) is 5.56 Å². The van der Waals surface area contributed by atoms with Crippen LogP contribution >= 0.6 is 12.2 Å². The molecule has 4 heteroatoms. The molecule has 1 unspecified atom stereocenters. The minimum Gasteiger partial charge on any atom is -0.347 e. The number of hydrogen-bond donors (Lipinski definition) is 0. The lowest BCUT2D eigenvalue weighted by Crippen LogP contribution is -2.66. The maximum Gasteiger partial charge on any atom is 0.101 e. The maximum absolute atomic E-state index is 6.17. The van der Waals surface area contributed by atoms with Crippen LogP contribution in [0.15, 0.2) is 54.7 Å². The Kier molecular flexibility index (Phi) is 5.18. The second kappa shape index (κ2) is 7.09. The molecule has 0 amide bonds. The van der Waals surface area contributed by atoms with Gasteiger partial charge in [0.05, 0.1) is 17.4 Å². The molecular weight excluding hydrogens is 338 g/mol. The first-order chi connectivity index (χ1) is 12.3. The molecule has 3 rings (SSSR count). The summed E-state index contributed by atoms with van der Waals surface area (Å²) in [7, 11) is 0. The van der Waals surface area contributed by atoms with Gasteiger partial charge in [0.15, 0.2) is 0 Å². The van der Waals surface area contributed by atoms with Gasteiger partial charge in [0.25, 0.3) is 0 Å². The fraction of sp³-hybridized carbons (Fsp3) is 0.455. The summed E-state index contributed by atoms with van der Waals surface area (Å²) in [6.45, 7) is 12.9. The molecule has 2 aromatic rings. The molecule has 0 spiro atoms. The van der Waals surface area contributed by atoms with Crippen LogP contribution in [0.2, 0.25) is 0 Å².